The number of carboxylic acids is 1. The van der Waals surface area contributed by atoms with E-state index in [1.807, 2.05) is 0 Å². The number of nitrogens with zero attached hydrogens (tertiary/aromatic N) is 2. The molecule has 2 rings (SSSR count). The molecule has 2 amide bonds. The molecular formula is C13H19F3N2O3. The Kier molecular flexibility index (Phi) is 4.34. The van der Waals surface area contributed by atoms with Crippen LogP contribution >= 0.6 is 0 Å². The van der Waals surface area contributed by atoms with Crippen molar-refractivity contribution in [2.75, 3.05) is 13.6 Å². The maximum Gasteiger partial charge on any atom is 0.406 e. The van der Waals surface area contributed by atoms with Crippen molar-refractivity contribution in [3.8, 4) is 0 Å². The minimum Gasteiger partial charge on any atom is -0.480 e. The van der Waals surface area contributed by atoms with Crippen LogP contribution in [-0.4, -0.2) is 58.8 Å². The molecule has 3 unspecified atom stereocenters. The van der Waals surface area contributed by atoms with Crippen LogP contribution < -0.4 is 0 Å². The van der Waals surface area contributed by atoms with Crippen molar-refractivity contribution in [1.29, 1.82) is 0 Å². The molecular weight excluding hydrogens is 289 g/mol. The van der Waals surface area contributed by atoms with Crippen molar-refractivity contribution < 1.29 is 27.9 Å². The van der Waals surface area contributed by atoms with E-state index in [0.29, 0.717) is 17.7 Å². The molecule has 0 spiro atoms. The fraction of sp³-hybridized carbons (Fsp3) is 0.846. The lowest BCUT2D eigenvalue weighted by Gasteiger charge is -2.35. The summed E-state index contributed by atoms with van der Waals surface area (Å²) in [5.74, 6) is -1.05. The summed E-state index contributed by atoms with van der Waals surface area (Å²) in [6.45, 7) is -1.37. The van der Waals surface area contributed by atoms with Crippen molar-refractivity contribution in [3.63, 3.8) is 0 Å². The molecule has 120 valence electrons. The highest BCUT2D eigenvalue weighted by Gasteiger charge is 2.49. The SMILES string of the molecule is CN(CC(F)(F)F)C(=O)N1C(C(=O)O)CC2CCCCC21. The van der Waals surface area contributed by atoms with Crippen LogP contribution in [0.15, 0.2) is 0 Å². The number of aliphatic carboxylic acids is 1. The number of alkyl halides is 3. The van der Waals surface area contributed by atoms with E-state index in [9.17, 15) is 27.9 Å². The lowest BCUT2D eigenvalue weighted by molar-refractivity contribution is -0.143. The molecule has 0 aromatic carbocycles. The average molecular weight is 308 g/mol. The molecule has 2 aliphatic rings. The van der Waals surface area contributed by atoms with Crippen molar-refractivity contribution in [3.05, 3.63) is 0 Å². The fourth-order valence-corrected chi connectivity index (χ4v) is 3.49. The van der Waals surface area contributed by atoms with Crippen LogP contribution in [0.1, 0.15) is 32.1 Å². The molecule has 1 heterocycles. The Morgan fingerprint density at radius 2 is 1.90 bits per heavy atom. The van der Waals surface area contributed by atoms with E-state index in [1.54, 1.807) is 0 Å². The number of fused-ring (bicyclic) bond motifs is 1. The van der Waals surface area contributed by atoms with Crippen LogP contribution in [0.25, 0.3) is 0 Å². The van der Waals surface area contributed by atoms with Crippen LogP contribution in [0.4, 0.5) is 18.0 Å². The molecule has 0 aromatic heterocycles. The second-order valence-electron chi connectivity index (χ2n) is 5.86. The van der Waals surface area contributed by atoms with Crippen molar-refractivity contribution in [2.24, 2.45) is 5.92 Å². The zero-order chi connectivity index (χ0) is 15.8. The molecule has 8 heteroatoms. The van der Waals surface area contributed by atoms with Gasteiger partial charge in [0.1, 0.15) is 12.6 Å². The third-order valence-electron chi connectivity index (χ3n) is 4.34. The summed E-state index contributed by atoms with van der Waals surface area (Å²) in [5, 5.41) is 9.26. The number of hydrogen-bond donors (Lipinski definition) is 1. The maximum absolute atomic E-state index is 12.4. The van der Waals surface area contributed by atoms with Gasteiger partial charge in [0.15, 0.2) is 0 Å². The average Bonchev–Trinajstić information content (AvgIpc) is 2.75. The monoisotopic (exact) mass is 308 g/mol. The summed E-state index contributed by atoms with van der Waals surface area (Å²) in [4.78, 5) is 25.3. The number of halogens is 3. The van der Waals surface area contributed by atoms with Gasteiger partial charge in [-0.1, -0.05) is 12.8 Å². The zero-order valence-corrected chi connectivity index (χ0v) is 11.8. The number of likely N-dealkylation sites (tertiary alicyclic amines) is 1. The number of amides is 2. The van der Waals surface area contributed by atoms with Gasteiger partial charge in [-0.15, -0.1) is 0 Å². The third kappa shape index (κ3) is 3.41. The van der Waals surface area contributed by atoms with Gasteiger partial charge in [-0.05, 0) is 25.2 Å². The number of carbonyl (C=O) groups excluding carboxylic acids is 1. The number of carbonyl (C=O) groups is 2. The second-order valence-corrected chi connectivity index (χ2v) is 5.86. The van der Waals surface area contributed by atoms with Gasteiger partial charge >= 0.3 is 18.2 Å². The molecule has 0 aromatic rings. The first-order valence-corrected chi connectivity index (χ1v) is 7.03. The van der Waals surface area contributed by atoms with E-state index in [-0.39, 0.29) is 12.0 Å². The maximum atomic E-state index is 12.4. The van der Waals surface area contributed by atoms with Gasteiger partial charge in [0.05, 0.1) is 0 Å². The minimum atomic E-state index is -4.49. The lowest BCUT2D eigenvalue weighted by Crippen LogP contribution is -2.52. The molecule has 3 atom stereocenters. The Morgan fingerprint density at radius 1 is 1.29 bits per heavy atom. The first-order valence-electron chi connectivity index (χ1n) is 7.03. The van der Waals surface area contributed by atoms with Gasteiger partial charge < -0.3 is 14.9 Å². The molecule has 1 saturated heterocycles. The van der Waals surface area contributed by atoms with E-state index < -0.39 is 30.8 Å². The molecule has 21 heavy (non-hydrogen) atoms. The molecule has 0 radical (unpaired) electrons. The topological polar surface area (TPSA) is 60.9 Å². The Morgan fingerprint density at radius 3 is 2.48 bits per heavy atom. The van der Waals surface area contributed by atoms with Crippen LogP contribution in [0, 0.1) is 5.92 Å². The van der Waals surface area contributed by atoms with Crippen molar-refractivity contribution >= 4 is 12.0 Å². The highest BCUT2D eigenvalue weighted by atomic mass is 19.4. The van der Waals surface area contributed by atoms with Gasteiger partial charge in [0, 0.05) is 13.1 Å². The van der Waals surface area contributed by atoms with Gasteiger partial charge in [0.25, 0.3) is 0 Å². The quantitative estimate of drug-likeness (QED) is 0.851. The number of rotatable bonds is 2. The Labute approximate surface area is 120 Å². The normalized spacial score (nSPS) is 29.1. The summed E-state index contributed by atoms with van der Waals surface area (Å²) in [6, 6.07) is -2.10. The van der Waals surface area contributed by atoms with Gasteiger partial charge in [0.2, 0.25) is 0 Å². The van der Waals surface area contributed by atoms with E-state index >= 15 is 0 Å². The van der Waals surface area contributed by atoms with Crippen molar-refractivity contribution in [1.82, 2.24) is 9.80 Å². The summed E-state index contributed by atoms with van der Waals surface area (Å²) >= 11 is 0. The first-order chi connectivity index (χ1) is 9.70. The molecule has 1 aliphatic heterocycles. The van der Waals surface area contributed by atoms with Crippen LogP contribution in [0.2, 0.25) is 0 Å². The largest absolute Gasteiger partial charge is 0.480 e. The second kappa shape index (κ2) is 5.73. The smallest absolute Gasteiger partial charge is 0.406 e. The standard InChI is InChI=1S/C13H19F3N2O3/c1-17(7-13(14,15)16)12(21)18-9-5-3-2-4-8(9)6-10(18)11(19)20/h8-10H,2-7H2,1H3,(H,19,20). The number of hydrogen-bond acceptors (Lipinski definition) is 2. The minimum absolute atomic E-state index is 0.0862. The molecule has 0 bridgehead atoms. The Hall–Kier alpha value is -1.47. The molecule has 2 fully saturated rings. The van der Waals surface area contributed by atoms with Crippen LogP contribution in [-0.2, 0) is 4.79 Å². The predicted molar refractivity (Wildman–Crippen MR) is 67.7 cm³/mol. The van der Waals surface area contributed by atoms with Crippen molar-refractivity contribution in [2.45, 2.75) is 50.4 Å². The molecule has 1 N–H and O–H groups in total. The highest BCUT2D eigenvalue weighted by Crippen LogP contribution is 2.40. The van der Waals surface area contributed by atoms with Gasteiger partial charge in [-0.25, -0.2) is 9.59 Å². The molecule has 1 saturated carbocycles. The Balaban J connectivity index is 2.17. The molecule has 5 nitrogen and oxygen atoms in total. The van der Waals surface area contributed by atoms with E-state index in [4.69, 9.17) is 0 Å². The predicted octanol–water partition coefficient (Wildman–Crippen LogP) is 2.32. The lowest BCUT2D eigenvalue weighted by atomic mass is 9.85. The van der Waals surface area contributed by atoms with Gasteiger partial charge in [-0.2, -0.15) is 13.2 Å². The van der Waals surface area contributed by atoms with Crippen LogP contribution in [0.3, 0.4) is 0 Å². The number of carboxylic acid groups (broad SMARTS) is 1. The fourth-order valence-electron chi connectivity index (χ4n) is 3.49. The summed E-state index contributed by atoms with van der Waals surface area (Å²) in [5.41, 5.74) is 0. The van der Waals surface area contributed by atoms with E-state index in [0.717, 1.165) is 31.2 Å². The summed E-state index contributed by atoms with van der Waals surface area (Å²) in [7, 11) is 1.06. The summed E-state index contributed by atoms with van der Waals surface area (Å²) in [6.07, 6.45) is -0.796. The van der Waals surface area contributed by atoms with E-state index in [2.05, 4.69) is 0 Å². The van der Waals surface area contributed by atoms with E-state index in [1.165, 1.54) is 0 Å². The first kappa shape index (κ1) is 15.9. The molecule has 1 aliphatic carbocycles. The Bertz CT molecular complexity index is 427. The summed E-state index contributed by atoms with van der Waals surface area (Å²) < 4.78 is 37.2. The van der Waals surface area contributed by atoms with Gasteiger partial charge in [-0.3, -0.25) is 0 Å². The zero-order valence-electron chi connectivity index (χ0n) is 11.8. The number of urea groups is 1. The third-order valence-corrected chi connectivity index (χ3v) is 4.34. The highest BCUT2D eigenvalue weighted by molar-refractivity contribution is 5.83. The van der Waals surface area contributed by atoms with Crippen LogP contribution in [0.5, 0.6) is 0 Å².